The van der Waals surface area contributed by atoms with Gasteiger partial charge in [0.15, 0.2) is 0 Å². The van der Waals surface area contributed by atoms with Crippen molar-refractivity contribution < 1.29 is 10.0 Å². The first-order chi connectivity index (χ1) is 6.27. The first kappa shape index (κ1) is 9.87. The van der Waals surface area contributed by atoms with Gasteiger partial charge in [-0.2, -0.15) is 0 Å². The van der Waals surface area contributed by atoms with Crippen LogP contribution >= 0.6 is 0 Å². The van der Waals surface area contributed by atoms with E-state index >= 15 is 0 Å². The number of hydrogen-bond donors (Lipinski definition) is 2. The minimum atomic E-state index is -0.274. The van der Waals surface area contributed by atoms with Crippen LogP contribution in [0.15, 0.2) is 0 Å². The van der Waals surface area contributed by atoms with E-state index in [1.807, 2.05) is 4.90 Å². The molecule has 4 nitrogen and oxygen atoms in total. The predicted molar refractivity (Wildman–Crippen MR) is 47.7 cm³/mol. The van der Waals surface area contributed by atoms with E-state index in [1.165, 1.54) is 0 Å². The van der Waals surface area contributed by atoms with Crippen molar-refractivity contribution in [1.29, 1.82) is 0 Å². The number of nitrogens with zero attached hydrogens (tertiary/aromatic N) is 1. The Morgan fingerprint density at radius 3 is 2.62 bits per heavy atom. The standard InChI is InChI=1S/C9H14N2O2/c1-2-5-11-6-3-8(4-7-11)9(12)10-13/h8,13H,3-4,6-7H2,1H3,(H,10,12). The van der Waals surface area contributed by atoms with Crippen LogP contribution in [-0.2, 0) is 4.79 Å². The molecule has 0 radical (unpaired) electrons. The second-order valence-corrected chi connectivity index (χ2v) is 3.10. The quantitative estimate of drug-likeness (QED) is 0.345. The Hall–Kier alpha value is -1.21. The minimum Gasteiger partial charge on any atom is -0.333 e. The van der Waals surface area contributed by atoms with Gasteiger partial charge in [-0.1, -0.05) is 5.92 Å². The zero-order valence-electron chi connectivity index (χ0n) is 7.71. The van der Waals surface area contributed by atoms with Gasteiger partial charge in [0.05, 0.1) is 0 Å². The number of amides is 1. The fraction of sp³-hybridized carbons (Fsp3) is 0.667. The molecule has 0 bridgehead atoms. The van der Waals surface area contributed by atoms with Crippen molar-refractivity contribution in [2.75, 3.05) is 13.1 Å². The van der Waals surface area contributed by atoms with Gasteiger partial charge in [-0.15, -0.1) is 0 Å². The van der Waals surface area contributed by atoms with Crippen molar-refractivity contribution in [2.24, 2.45) is 5.92 Å². The molecule has 4 heteroatoms. The summed E-state index contributed by atoms with van der Waals surface area (Å²) < 4.78 is 0. The topological polar surface area (TPSA) is 52.6 Å². The Morgan fingerprint density at radius 1 is 1.54 bits per heavy atom. The number of carbonyl (C=O) groups excluding carboxylic acids is 1. The fourth-order valence-electron chi connectivity index (χ4n) is 1.50. The Morgan fingerprint density at radius 2 is 2.15 bits per heavy atom. The molecular formula is C9H14N2O2. The van der Waals surface area contributed by atoms with Gasteiger partial charge in [-0.3, -0.25) is 10.0 Å². The van der Waals surface area contributed by atoms with Crippen molar-refractivity contribution in [2.45, 2.75) is 19.8 Å². The molecule has 0 unspecified atom stereocenters. The highest BCUT2D eigenvalue weighted by atomic mass is 16.5. The number of hydroxylamine groups is 1. The van der Waals surface area contributed by atoms with Gasteiger partial charge in [-0.05, 0) is 19.8 Å². The molecule has 1 fully saturated rings. The van der Waals surface area contributed by atoms with Crippen LogP contribution in [0.3, 0.4) is 0 Å². The van der Waals surface area contributed by atoms with Crippen LogP contribution in [0.2, 0.25) is 0 Å². The van der Waals surface area contributed by atoms with Crippen molar-refractivity contribution in [3.8, 4) is 12.0 Å². The lowest BCUT2D eigenvalue weighted by molar-refractivity contribution is -0.134. The second kappa shape index (κ2) is 4.73. The zero-order valence-corrected chi connectivity index (χ0v) is 7.71. The summed E-state index contributed by atoms with van der Waals surface area (Å²) in [5, 5.41) is 8.42. The van der Waals surface area contributed by atoms with Crippen molar-refractivity contribution in [1.82, 2.24) is 10.4 Å². The summed E-state index contributed by atoms with van der Waals surface area (Å²) in [4.78, 5) is 13.0. The minimum absolute atomic E-state index is 0.0556. The monoisotopic (exact) mass is 182 g/mol. The van der Waals surface area contributed by atoms with Crippen LogP contribution in [0.25, 0.3) is 0 Å². The lowest BCUT2D eigenvalue weighted by Gasteiger charge is -2.27. The highest BCUT2D eigenvalue weighted by Crippen LogP contribution is 2.16. The summed E-state index contributed by atoms with van der Waals surface area (Å²) in [5.74, 6) is 2.49. The molecule has 0 aromatic rings. The van der Waals surface area contributed by atoms with Crippen molar-refractivity contribution in [3.63, 3.8) is 0 Å². The lowest BCUT2D eigenvalue weighted by atomic mass is 9.97. The van der Waals surface area contributed by atoms with Gasteiger partial charge in [0.25, 0.3) is 0 Å². The largest absolute Gasteiger partial charge is 0.333 e. The van der Waals surface area contributed by atoms with Gasteiger partial charge >= 0.3 is 0 Å². The number of nitrogens with one attached hydrogen (secondary N) is 1. The maximum Gasteiger partial charge on any atom is 0.246 e. The van der Waals surface area contributed by atoms with E-state index in [-0.39, 0.29) is 11.8 Å². The third kappa shape index (κ3) is 2.63. The van der Waals surface area contributed by atoms with Crippen molar-refractivity contribution in [3.05, 3.63) is 0 Å². The van der Waals surface area contributed by atoms with E-state index in [0.29, 0.717) is 0 Å². The lowest BCUT2D eigenvalue weighted by Crippen LogP contribution is -2.37. The van der Waals surface area contributed by atoms with E-state index in [0.717, 1.165) is 25.9 Å². The van der Waals surface area contributed by atoms with Gasteiger partial charge in [0.2, 0.25) is 5.91 Å². The summed E-state index contributed by atoms with van der Waals surface area (Å²) in [5.41, 5.74) is 1.69. The van der Waals surface area contributed by atoms with Crippen LogP contribution in [0.4, 0.5) is 0 Å². The van der Waals surface area contributed by atoms with Crippen LogP contribution < -0.4 is 5.48 Å². The maximum absolute atomic E-state index is 11.0. The summed E-state index contributed by atoms with van der Waals surface area (Å²) in [7, 11) is 0. The molecule has 1 aliphatic rings. The molecule has 0 spiro atoms. The average molecular weight is 182 g/mol. The van der Waals surface area contributed by atoms with Gasteiger partial charge < -0.3 is 4.90 Å². The van der Waals surface area contributed by atoms with Gasteiger partial charge in [0, 0.05) is 25.1 Å². The molecule has 1 rings (SSSR count). The molecule has 0 saturated carbocycles. The highest BCUT2D eigenvalue weighted by molar-refractivity contribution is 5.77. The third-order valence-corrected chi connectivity index (χ3v) is 2.25. The molecule has 1 amide bonds. The number of hydrogen-bond acceptors (Lipinski definition) is 3. The summed E-state index contributed by atoms with van der Waals surface area (Å²) in [6.07, 6.45) is 1.53. The molecule has 1 aliphatic heterocycles. The molecular weight excluding hydrogens is 168 g/mol. The first-order valence-corrected chi connectivity index (χ1v) is 4.39. The summed E-state index contributed by atoms with van der Waals surface area (Å²) >= 11 is 0. The molecule has 0 atom stereocenters. The SMILES string of the molecule is CC#CN1CCC(C(=O)NO)CC1. The first-order valence-electron chi connectivity index (χ1n) is 4.39. The number of carbonyl (C=O) groups is 1. The Bertz CT molecular complexity index is 234. The molecule has 13 heavy (non-hydrogen) atoms. The molecule has 72 valence electrons. The third-order valence-electron chi connectivity index (χ3n) is 2.25. The van der Waals surface area contributed by atoms with Crippen LogP contribution in [0.1, 0.15) is 19.8 Å². The molecule has 2 N–H and O–H groups in total. The number of piperidine rings is 1. The highest BCUT2D eigenvalue weighted by Gasteiger charge is 2.23. The molecule has 0 aromatic heterocycles. The predicted octanol–water partition coefficient (Wildman–Crippen LogP) is 0.185. The molecule has 0 aliphatic carbocycles. The molecule has 1 heterocycles. The van der Waals surface area contributed by atoms with Crippen LogP contribution in [0.5, 0.6) is 0 Å². The van der Waals surface area contributed by atoms with E-state index in [9.17, 15) is 4.79 Å². The molecule has 0 aromatic carbocycles. The van der Waals surface area contributed by atoms with E-state index in [1.54, 1.807) is 12.4 Å². The normalized spacial score (nSPS) is 17.5. The summed E-state index contributed by atoms with van der Waals surface area (Å²) in [6.45, 7) is 3.41. The Labute approximate surface area is 77.9 Å². The second-order valence-electron chi connectivity index (χ2n) is 3.10. The van der Waals surface area contributed by atoms with Gasteiger partial charge in [0.1, 0.15) is 0 Å². The maximum atomic E-state index is 11.0. The average Bonchev–Trinajstić information content (AvgIpc) is 2.18. The van der Waals surface area contributed by atoms with Gasteiger partial charge in [-0.25, -0.2) is 5.48 Å². The Kier molecular flexibility index (Phi) is 3.59. The van der Waals surface area contributed by atoms with Crippen LogP contribution in [0, 0.1) is 17.9 Å². The molecule has 1 saturated heterocycles. The van der Waals surface area contributed by atoms with Crippen LogP contribution in [-0.4, -0.2) is 29.1 Å². The number of rotatable bonds is 1. The fourth-order valence-corrected chi connectivity index (χ4v) is 1.50. The van der Waals surface area contributed by atoms with E-state index in [2.05, 4.69) is 12.0 Å². The Balaban J connectivity index is 2.37. The smallest absolute Gasteiger partial charge is 0.246 e. The zero-order chi connectivity index (χ0) is 9.68. The number of likely N-dealkylation sites (tertiary alicyclic amines) is 1. The van der Waals surface area contributed by atoms with Crippen molar-refractivity contribution >= 4 is 5.91 Å². The summed E-state index contributed by atoms with van der Waals surface area (Å²) in [6, 6.07) is 2.95. The van der Waals surface area contributed by atoms with E-state index < -0.39 is 0 Å². The van der Waals surface area contributed by atoms with E-state index in [4.69, 9.17) is 5.21 Å².